The maximum absolute atomic E-state index is 12.6. The molecule has 6 rings (SSSR count). The number of hydrogen-bond donors (Lipinski definition) is 2. The second-order valence-electron chi connectivity index (χ2n) is 12.0. The molecular weight excluding hydrogens is 610 g/mol. The number of amides is 2. The molecule has 1 saturated heterocycles. The number of pyridine rings is 1. The van der Waals surface area contributed by atoms with E-state index in [0.717, 1.165) is 74.8 Å². The maximum Gasteiger partial charge on any atom is 0.229 e. The van der Waals surface area contributed by atoms with Crippen LogP contribution in [0.4, 0.5) is 29.1 Å². The molecule has 252 valence electrons. The molecule has 4 aromatic rings. The minimum atomic E-state index is 0.198. The first-order valence-corrected chi connectivity index (χ1v) is 16.6. The van der Waals surface area contributed by atoms with Crippen LogP contribution in [0.5, 0.6) is 5.75 Å². The van der Waals surface area contributed by atoms with Gasteiger partial charge >= 0.3 is 0 Å². The lowest BCUT2D eigenvalue weighted by Gasteiger charge is -2.33. The predicted octanol–water partition coefficient (Wildman–Crippen LogP) is 4.73. The number of hydrogen-bond acceptors (Lipinski definition) is 10. The van der Waals surface area contributed by atoms with E-state index in [4.69, 9.17) is 14.7 Å². The molecule has 0 aliphatic carbocycles. The molecule has 0 spiro atoms. The van der Waals surface area contributed by atoms with Gasteiger partial charge in [0.2, 0.25) is 18.8 Å². The normalized spacial score (nSPS) is 17.1. The second kappa shape index (κ2) is 15.3. The van der Waals surface area contributed by atoms with E-state index in [-0.39, 0.29) is 6.61 Å². The Hall–Kier alpha value is -5.01. The molecule has 2 amide bonds. The highest BCUT2D eigenvalue weighted by Crippen LogP contribution is 2.35. The second-order valence-corrected chi connectivity index (χ2v) is 12.0. The van der Waals surface area contributed by atoms with Gasteiger partial charge in [0.05, 0.1) is 19.8 Å². The number of carbonyl (C=O) groups is 2. The predicted molar refractivity (Wildman–Crippen MR) is 186 cm³/mol. The Morgan fingerprint density at radius 3 is 2.65 bits per heavy atom. The van der Waals surface area contributed by atoms with Crippen molar-refractivity contribution >= 4 is 52.8 Å². The first-order chi connectivity index (χ1) is 23.5. The Labute approximate surface area is 280 Å². The third-order valence-electron chi connectivity index (χ3n) is 8.84. The molecule has 13 nitrogen and oxygen atoms in total. The number of aryl methyl sites for hydroxylation is 1. The fourth-order valence-corrected chi connectivity index (χ4v) is 6.40. The number of nitrogens with zero attached hydrogens (tertiary/aromatic N) is 8. The van der Waals surface area contributed by atoms with Gasteiger partial charge in [0.25, 0.3) is 0 Å². The van der Waals surface area contributed by atoms with E-state index in [2.05, 4.69) is 44.2 Å². The zero-order valence-corrected chi connectivity index (χ0v) is 27.5. The molecule has 1 aromatic carbocycles. The van der Waals surface area contributed by atoms with Gasteiger partial charge in [-0.15, -0.1) is 0 Å². The molecule has 1 fully saturated rings. The van der Waals surface area contributed by atoms with Crippen LogP contribution in [0.15, 0.2) is 60.9 Å². The van der Waals surface area contributed by atoms with Gasteiger partial charge in [-0.05, 0) is 75.9 Å². The summed E-state index contributed by atoms with van der Waals surface area (Å²) in [6, 6.07) is 12.3. The quantitative estimate of drug-likeness (QED) is 0.183. The van der Waals surface area contributed by atoms with Gasteiger partial charge in [0.15, 0.2) is 23.2 Å². The summed E-state index contributed by atoms with van der Waals surface area (Å²) < 4.78 is 8.19. The van der Waals surface area contributed by atoms with Crippen molar-refractivity contribution in [1.82, 2.24) is 29.4 Å². The van der Waals surface area contributed by atoms with Crippen LogP contribution in [-0.4, -0.2) is 93.3 Å². The number of nitrogens with one attached hydrogen (secondary N) is 1. The van der Waals surface area contributed by atoms with E-state index >= 15 is 0 Å². The maximum atomic E-state index is 12.6. The van der Waals surface area contributed by atoms with Crippen molar-refractivity contribution in [2.75, 3.05) is 61.2 Å². The van der Waals surface area contributed by atoms with Gasteiger partial charge in [0, 0.05) is 66.8 Å². The number of piperidine rings is 1. The molecule has 5 heterocycles. The molecular formula is C35H43N9O4. The Bertz CT molecular complexity index is 1750. The van der Waals surface area contributed by atoms with E-state index < -0.39 is 0 Å². The van der Waals surface area contributed by atoms with E-state index in [1.54, 1.807) is 23.3 Å². The van der Waals surface area contributed by atoms with Crippen LogP contribution in [0, 0.1) is 6.92 Å². The van der Waals surface area contributed by atoms with Crippen molar-refractivity contribution in [1.29, 1.82) is 0 Å². The lowest BCUT2D eigenvalue weighted by Crippen LogP contribution is -2.40. The number of β-amino-alcohol motifs (C(OH)–C–C–N with tert-alkyl or cyclic N) is 1. The summed E-state index contributed by atoms with van der Waals surface area (Å²) in [6.45, 7) is 7.83. The lowest BCUT2D eigenvalue weighted by molar-refractivity contribution is -0.117. The lowest BCUT2D eigenvalue weighted by atomic mass is 10.0. The van der Waals surface area contributed by atoms with Crippen molar-refractivity contribution in [3.63, 3.8) is 0 Å². The molecule has 2 aliphatic rings. The number of aliphatic hydroxyl groups excluding tert-OH is 1. The standard InChI is InChI=1S/C35H43N9O4/c1-3-48-31-10-11-32-38-34(31)41(24-46)15-6-4-5-7-16-42(25-47)44(32)33-26(2)23-36-35(39-33)37-28-8-9-30-27(22-28)12-19-43(30)29-13-17-40(18-14-29)20-21-45/h5,7-12,19,22-25,29,45H,3-4,6,13-18,20-21H2,1-2H3,(H,36,37,39)/b7-5-. The fourth-order valence-electron chi connectivity index (χ4n) is 6.40. The van der Waals surface area contributed by atoms with Gasteiger partial charge in [-0.2, -0.15) is 4.98 Å². The van der Waals surface area contributed by atoms with E-state index in [1.165, 1.54) is 15.4 Å². The number of aromatic nitrogens is 4. The van der Waals surface area contributed by atoms with Crippen molar-refractivity contribution in [3.05, 3.63) is 66.5 Å². The van der Waals surface area contributed by atoms with Gasteiger partial charge in [0.1, 0.15) is 0 Å². The average molecular weight is 654 g/mol. The SMILES string of the molecule is CCOc1ccc2nc1N(C=O)CCC/C=C\CN(C=O)N2c1nc(Nc2ccc3c(ccn3C3CCN(CCO)CC3)c2)ncc1C. The molecule has 2 aliphatic heterocycles. The van der Waals surface area contributed by atoms with Crippen molar-refractivity contribution in [3.8, 4) is 5.75 Å². The number of benzene rings is 1. The molecule has 0 atom stereocenters. The van der Waals surface area contributed by atoms with Crippen LogP contribution in [0.3, 0.4) is 0 Å². The minimum absolute atomic E-state index is 0.198. The third kappa shape index (κ3) is 7.11. The molecule has 3 aromatic heterocycles. The van der Waals surface area contributed by atoms with Crippen molar-refractivity contribution < 1.29 is 19.4 Å². The van der Waals surface area contributed by atoms with Crippen LogP contribution in [0.2, 0.25) is 0 Å². The number of likely N-dealkylation sites (tertiary alicyclic amines) is 1. The highest BCUT2D eigenvalue weighted by molar-refractivity contribution is 5.85. The number of allylic oxidation sites excluding steroid dienone is 1. The topological polar surface area (TPSA) is 132 Å². The number of anilines is 5. The summed E-state index contributed by atoms with van der Waals surface area (Å²) in [4.78, 5) is 42.9. The van der Waals surface area contributed by atoms with Crippen molar-refractivity contribution in [2.45, 2.75) is 45.6 Å². The van der Waals surface area contributed by atoms with Crippen LogP contribution >= 0.6 is 0 Å². The fraction of sp³-hybridized carbons (Fsp3) is 0.400. The molecule has 2 N–H and O–H groups in total. The van der Waals surface area contributed by atoms with Gasteiger partial charge in [-0.3, -0.25) is 14.5 Å². The van der Waals surface area contributed by atoms with Crippen LogP contribution in [0.25, 0.3) is 10.9 Å². The molecule has 48 heavy (non-hydrogen) atoms. The monoisotopic (exact) mass is 653 g/mol. The van der Waals surface area contributed by atoms with Gasteiger partial charge < -0.3 is 24.6 Å². The number of rotatable bonds is 10. The summed E-state index contributed by atoms with van der Waals surface area (Å²) in [5, 5.41) is 16.9. The summed E-state index contributed by atoms with van der Waals surface area (Å²) in [5.41, 5.74) is 2.73. The molecule has 0 saturated carbocycles. The first-order valence-electron chi connectivity index (χ1n) is 16.6. The minimum Gasteiger partial charge on any atom is -0.490 e. The van der Waals surface area contributed by atoms with Crippen LogP contribution in [0.1, 0.15) is 44.2 Å². The molecule has 13 heteroatoms. The summed E-state index contributed by atoms with van der Waals surface area (Å²) in [5.74, 6) is 2.09. The number of hydrazine groups is 1. The van der Waals surface area contributed by atoms with Crippen LogP contribution < -0.4 is 20.0 Å². The zero-order valence-electron chi connectivity index (χ0n) is 27.5. The number of carbonyl (C=O) groups excluding carboxylic acids is 2. The number of fused-ring (bicyclic) bond motifs is 3. The first kappa shape index (κ1) is 32.9. The third-order valence-corrected chi connectivity index (χ3v) is 8.84. The largest absolute Gasteiger partial charge is 0.490 e. The number of aliphatic hydroxyl groups is 1. The van der Waals surface area contributed by atoms with Crippen molar-refractivity contribution in [2.24, 2.45) is 0 Å². The Morgan fingerprint density at radius 2 is 1.88 bits per heavy atom. The Kier molecular flexibility index (Phi) is 10.5. The Morgan fingerprint density at radius 1 is 1.02 bits per heavy atom. The highest BCUT2D eigenvalue weighted by atomic mass is 16.5. The summed E-state index contributed by atoms with van der Waals surface area (Å²) >= 11 is 0. The van der Waals surface area contributed by atoms with Gasteiger partial charge in [-0.25, -0.2) is 20.0 Å². The summed E-state index contributed by atoms with van der Waals surface area (Å²) in [7, 11) is 0. The van der Waals surface area contributed by atoms with Crippen LogP contribution in [-0.2, 0) is 9.59 Å². The van der Waals surface area contributed by atoms with Gasteiger partial charge in [-0.1, -0.05) is 12.2 Å². The highest BCUT2D eigenvalue weighted by Gasteiger charge is 2.26. The van der Waals surface area contributed by atoms with E-state index in [9.17, 15) is 14.7 Å². The number of ether oxygens (including phenoxy) is 1. The van der Waals surface area contributed by atoms with E-state index in [1.807, 2.05) is 32.1 Å². The zero-order chi connectivity index (χ0) is 33.5. The molecule has 2 bridgehead atoms. The molecule has 0 radical (unpaired) electrons. The summed E-state index contributed by atoms with van der Waals surface area (Å²) in [6.07, 6.45) is 12.9. The Balaban J connectivity index is 1.31. The smallest absolute Gasteiger partial charge is 0.229 e. The molecule has 0 unspecified atom stereocenters. The van der Waals surface area contributed by atoms with E-state index in [0.29, 0.717) is 54.9 Å². The average Bonchev–Trinajstić information content (AvgIpc) is 3.52.